The van der Waals surface area contributed by atoms with Gasteiger partial charge < -0.3 is 24.3 Å². The number of hydrogen-bond donors (Lipinski definition) is 1. The Morgan fingerprint density at radius 2 is 1.84 bits per heavy atom. The molecule has 2 fully saturated rings. The van der Waals surface area contributed by atoms with Gasteiger partial charge in [-0.05, 0) is 70.6 Å². The number of nitrogens with one attached hydrogen (secondary N) is 1. The van der Waals surface area contributed by atoms with E-state index in [2.05, 4.69) is 26.3 Å². The summed E-state index contributed by atoms with van der Waals surface area (Å²) in [6, 6.07) is 3.95. The third kappa shape index (κ3) is 4.75. The monoisotopic (exact) mass is 517 g/mol. The van der Waals surface area contributed by atoms with Crippen molar-refractivity contribution in [2.24, 2.45) is 0 Å². The standard InChI is InChI=1S/C28H35N7O3/c1-18-16-34-17-22(21(19-5-6-19)15-24(34)30-18)31-26(36)35-10-8-20-23(7-9-29-25(20)35)32-11-13-33(14-12-32)27(37)38-28(2,3)4/h7,9,15-17,19H,5-6,8,10-14H2,1-4H3,(H,31,36). The van der Waals surface area contributed by atoms with Crippen LogP contribution >= 0.6 is 0 Å². The van der Waals surface area contributed by atoms with Gasteiger partial charge in [0.1, 0.15) is 17.1 Å². The van der Waals surface area contributed by atoms with Crippen LogP contribution in [0, 0.1) is 6.92 Å². The van der Waals surface area contributed by atoms with E-state index in [1.54, 1.807) is 16.0 Å². The van der Waals surface area contributed by atoms with Crippen molar-refractivity contribution in [2.75, 3.05) is 47.8 Å². The molecule has 1 saturated carbocycles. The minimum absolute atomic E-state index is 0.166. The summed E-state index contributed by atoms with van der Waals surface area (Å²) in [6.45, 7) is 10.8. The molecule has 6 rings (SSSR count). The van der Waals surface area contributed by atoms with Gasteiger partial charge in [0.2, 0.25) is 0 Å². The first-order chi connectivity index (χ1) is 18.2. The van der Waals surface area contributed by atoms with E-state index in [1.807, 2.05) is 50.6 Å². The predicted molar refractivity (Wildman–Crippen MR) is 146 cm³/mol. The van der Waals surface area contributed by atoms with E-state index in [9.17, 15) is 9.59 Å². The van der Waals surface area contributed by atoms with Gasteiger partial charge >= 0.3 is 12.1 Å². The first kappa shape index (κ1) is 24.5. The van der Waals surface area contributed by atoms with Crippen LogP contribution in [-0.4, -0.2) is 69.7 Å². The SMILES string of the molecule is Cc1cn2cc(NC(=O)N3CCc4c(N5CCN(C(=O)OC(C)(C)C)CC5)ccnc43)c(C3CC3)cc2n1. The Bertz CT molecular complexity index is 1400. The molecular weight excluding hydrogens is 482 g/mol. The number of anilines is 3. The Morgan fingerprint density at radius 1 is 1.08 bits per heavy atom. The number of carbonyl (C=O) groups is 2. The number of carbonyl (C=O) groups excluding carboxylic acids is 2. The molecule has 0 radical (unpaired) electrons. The van der Waals surface area contributed by atoms with Crippen molar-refractivity contribution in [3.05, 3.63) is 47.5 Å². The van der Waals surface area contributed by atoms with Crippen molar-refractivity contribution in [1.82, 2.24) is 19.3 Å². The Morgan fingerprint density at radius 3 is 2.55 bits per heavy atom. The number of aryl methyl sites for hydroxylation is 1. The minimum atomic E-state index is -0.507. The normalized spacial score (nSPS) is 17.6. The Labute approximate surface area is 222 Å². The molecule has 38 heavy (non-hydrogen) atoms. The number of aromatic nitrogens is 3. The van der Waals surface area contributed by atoms with Crippen molar-refractivity contribution in [1.29, 1.82) is 0 Å². The highest BCUT2D eigenvalue weighted by atomic mass is 16.6. The molecule has 3 aliphatic rings. The van der Waals surface area contributed by atoms with Crippen molar-refractivity contribution in [3.63, 3.8) is 0 Å². The number of pyridine rings is 2. The largest absolute Gasteiger partial charge is 0.444 e. The van der Waals surface area contributed by atoms with E-state index < -0.39 is 5.60 Å². The van der Waals surface area contributed by atoms with Gasteiger partial charge in [0.25, 0.3) is 0 Å². The van der Waals surface area contributed by atoms with Gasteiger partial charge in [-0.1, -0.05) is 0 Å². The first-order valence-corrected chi connectivity index (χ1v) is 13.4. The number of rotatable bonds is 3. The Balaban J connectivity index is 1.18. The molecular formula is C28H35N7O3. The smallest absolute Gasteiger partial charge is 0.410 e. The number of imidazole rings is 1. The van der Waals surface area contributed by atoms with Crippen molar-refractivity contribution >= 4 is 35.0 Å². The van der Waals surface area contributed by atoms with Crippen LogP contribution in [0.2, 0.25) is 0 Å². The number of fused-ring (bicyclic) bond motifs is 2. The summed E-state index contributed by atoms with van der Waals surface area (Å²) in [5.74, 6) is 1.18. The van der Waals surface area contributed by atoms with Gasteiger partial charge in [0.15, 0.2) is 0 Å². The fourth-order valence-corrected chi connectivity index (χ4v) is 5.42. The molecule has 3 aromatic rings. The molecule has 0 bridgehead atoms. The maximum absolute atomic E-state index is 13.5. The summed E-state index contributed by atoms with van der Waals surface area (Å²) in [4.78, 5) is 41.0. The quantitative estimate of drug-likeness (QED) is 0.547. The van der Waals surface area contributed by atoms with Crippen LogP contribution < -0.4 is 15.1 Å². The first-order valence-electron chi connectivity index (χ1n) is 13.4. The fraction of sp³-hybridized carbons (Fsp3) is 0.500. The molecule has 3 aromatic heterocycles. The molecule has 10 heteroatoms. The molecule has 1 saturated heterocycles. The highest BCUT2D eigenvalue weighted by Gasteiger charge is 2.33. The predicted octanol–water partition coefficient (Wildman–Crippen LogP) is 4.57. The summed E-state index contributed by atoms with van der Waals surface area (Å²) in [6.07, 6.45) is 8.47. The molecule has 0 aromatic carbocycles. The molecule has 0 unspecified atom stereocenters. The summed E-state index contributed by atoms with van der Waals surface area (Å²) in [7, 11) is 0. The highest BCUT2D eigenvalue weighted by molar-refractivity contribution is 6.03. The summed E-state index contributed by atoms with van der Waals surface area (Å²) >= 11 is 0. The number of nitrogens with zero attached hydrogens (tertiary/aromatic N) is 6. The van der Waals surface area contributed by atoms with Gasteiger partial charge in [-0.3, -0.25) is 4.90 Å². The van der Waals surface area contributed by atoms with Gasteiger partial charge in [0, 0.05) is 62.6 Å². The lowest BCUT2D eigenvalue weighted by Gasteiger charge is -2.37. The zero-order chi connectivity index (χ0) is 26.6. The second kappa shape index (κ2) is 9.18. The van der Waals surface area contributed by atoms with E-state index in [4.69, 9.17) is 4.74 Å². The van der Waals surface area contributed by atoms with Crippen LogP contribution in [0.3, 0.4) is 0 Å². The Kier molecular flexibility index (Phi) is 5.92. The molecule has 0 atom stereocenters. The molecule has 0 spiro atoms. The third-order valence-electron chi connectivity index (χ3n) is 7.37. The van der Waals surface area contributed by atoms with Crippen molar-refractivity contribution in [3.8, 4) is 0 Å². The molecule has 1 aliphatic carbocycles. The van der Waals surface area contributed by atoms with Crippen molar-refractivity contribution < 1.29 is 14.3 Å². The molecule has 200 valence electrons. The average Bonchev–Trinajstić information content (AvgIpc) is 3.51. The average molecular weight is 518 g/mol. The van der Waals surface area contributed by atoms with Crippen molar-refractivity contribution in [2.45, 2.75) is 58.5 Å². The van der Waals surface area contributed by atoms with Crippen LogP contribution in [0.1, 0.15) is 56.4 Å². The van der Waals surface area contributed by atoms with Crippen LogP contribution in [0.25, 0.3) is 5.65 Å². The molecule has 5 heterocycles. The lowest BCUT2D eigenvalue weighted by molar-refractivity contribution is 0.0240. The molecule has 3 amide bonds. The van der Waals surface area contributed by atoms with Crippen LogP contribution in [0.5, 0.6) is 0 Å². The van der Waals surface area contributed by atoms with Crippen LogP contribution in [0.4, 0.5) is 26.8 Å². The topological polar surface area (TPSA) is 95.3 Å². The zero-order valence-corrected chi connectivity index (χ0v) is 22.5. The lowest BCUT2D eigenvalue weighted by atomic mass is 10.1. The van der Waals surface area contributed by atoms with Gasteiger partial charge in [-0.25, -0.2) is 19.6 Å². The third-order valence-corrected chi connectivity index (χ3v) is 7.37. The van der Waals surface area contributed by atoms with E-state index >= 15 is 0 Å². The van der Waals surface area contributed by atoms with E-state index in [0.29, 0.717) is 44.5 Å². The summed E-state index contributed by atoms with van der Waals surface area (Å²) in [5, 5.41) is 3.18. The number of piperazine rings is 1. The van der Waals surface area contributed by atoms with Gasteiger partial charge in [-0.15, -0.1) is 0 Å². The zero-order valence-electron chi connectivity index (χ0n) is 22.5. The number of amides is 3. The molecule has 10 nitrogen and oxygen atoms in total. The summed E-state index contributed by atoms with van der Waals surface area (Å²) in [5.41, 5.74) is 5.51. The highest BCUT2D eigenvalue weighted by Crippen LogP contribution is 2.44. The maximum atomic E-state index is 13.5. The van der Waals surface area contributed by atoms with Crippen LogP contribution in [0.15, 0.2) is 30.7 Å². The summed E-state index contributed by atoms with van der Waals surface area (Å²) < 4.78 is 7.51. The molecule has 2 aliphatic heterocycles. The maximum Gasteiger partial charge on any atom is 0.410 e. The minimum Gasteiger partial charge on any atom is -0.444 e. The van der Waals surface area contributed by atoms with Crippen LogP contribution in [-0.2, 0) is 11.2 Å². The fourth-order valence-electron chi connectivity index (χ4n) is 5.42. The number of urea groups is 1. The van der Waals surface area contributed by atoms with E-state index in [-0.39, 0.29) is 12.1 Å². The molecule has 1 N–H and O–H groups in total. The number of ether oxygens (including phenoxy) is 1. The number of hydrogen-bond acceptors (Lipinski definition) is 6. The lowest BCUT2D eigenvalue weighted by Crippen LogP contribution is -2.50. The Hall–Kier alpha value is -3.82. The second-order valence-electron chi connectivity index (χ2n) is 11.5. The van der Waals surface area contributed by atoms with E-state index in [1.165, 1.54) is 0 Å². The van der Waals surface area contributed by atoms with E-state index in [0.717, 1.165) is 53.1 Å². The van der Waals surface area contributed by atoms with Gasteiger partial charge in [0.05, 0.1) is 11.4 Å². The van der Waals surface area contributed by atoms with Gasteiger partial charge in [-0.2, -0.15) is 0 Å². The second-order valence-corrected chi connectivity index (χ2v) is 11.5.